The molecule has 1 N–H and O–H groups in total. The number of hydrogen-bond acceptors (Lipinski definition) is 9. The number of amides is 1. The molecule has 2 aromatic carbocycles. The number of benzene rings is 2. The van der Waals surface area contributed by atoms with Crippen molar-refractivity contribution < 1.29 is 18.9 Å². The van der Waals surface area contributed by atoms with Crippen LogP contribution in [0.1, 0.15) is 21.9 Å². The van der Waals surface area contributed by atoms with E-state index in [0.717, 1.165) is 22.5 Å². The molecule has 0 radical (unpaired) electrons. The highest BCUT2D eigenvalue weighted by molar-refractivity contribution is 7.15. The Morgan fingerprint density at radius 2 is 2.06 bits per heavy atom. The van der Waals surface area contributed by atoms with Crippen LogP contribution in [0.25, 0.3) is 17.4 Å². The van der Waals surface area contributed by atoms with E-state index in [1.807, 2.05) is 37.3 Å². The Labute approximate surface area is 209 Å². The molecule has 0 bridgehead atoms. The Hall–Kier alpha value is -4.82. The number of ether oxygens (including phenoxy) is 1. The molecule has 0 fully saturated rings. The Balaban J connectivity index is 1.44. The van der Waals surface area contributed by atoms with E-state index in [-0.39, 0.29) is 28.8 Å². The third kappa shape index (κ3) is 5.81. The molecule has 0 aliphatic rings. The van der Waals surface area contributed by atoms with Gasteiger partial charge in [-0.25, -0.2) is 0 Å². The fraction of sp³-hybridized carbons (Fsp3) is 0.120. The molecular weight excluding hydrogens is 482 g/mol. The van der Waals surface area contributed by atoms with Gasteiger partial charge in [-0.15, -0.1) is 10.2 Å². The largest absolute Gasteiger partial charge is 0.486 e. The molecule has 0 spiro atoms. The number of nitrogens with zero attached hydrogens (tertiary/aromatic N) is 4. The number of aromatic nitrogens is 2. The molecular formula is C25H19N5O5S. The molecule has 4 rings (SSSR count). The molecule has 10 nitrogen and oxygen atoms in total. The molecule has 1 amide bonds. The predicted octanol–water partition coefficient (Wildman–Crippen LogP) is 5.45. The summed E-state index contributed by atoms with van der Waals surface area (Å²) >= 11 is 1.13. The van der Waals surface area contributed by atoms with Crippen LogP contribution < -0.4 is 10.1 Å². The van der Waals surface area contributed by atoms with E-state index in [9.17, 15) is 20.2 Å². The lowest BCUT2D eigenvalue weighted by Crippen LogP contribution is -2.13. The molecule has 0 saturated heterocycles. The van der Waals surface area contributed by atoms with Crippen molar-refractivity contribution in [1.29, 1.82) is 5.26 Å². The van der Waals surface area contributed by atoms with Gasteiger partial charge in [0.2, 0.25) is 5.13 Å². The fourth-order valence-electron chi connectivity index (χ4n) is 3.23. The summed E-state index contributed by atoms with van der Waals surface area (Å²) in [5, 5.41) is 31.8. The van der Waals surface area contributed by atoms with Gasteiger partial charge in [0.25, 0.3) is 11.6 Å². The summed E-state index contributed by atoms with van der Waals surface area (Å²) in [5.74, 6) is 0.641. The summed E-state index contributed by atoms with van der Waals surface area (Å²) in [4.78, 5) is 23.2. The zero-order valence-electron chi connectivity index (χ0n) is 19.2. The van der Waals surface area contributed by atoms with Gasteiger partial charge in [-0.2, -0.15) is 5.26 Å². The minimum Gasteiger partial charge on any atom is -0.486 e. The third-order valence-corrected chi connectivity index (χ3v) is 5.83. The van der Waals surface area contributed by atoms with Gasteiger partial charge in [0, 0.05) is 23.8 Å². The number of hydrogen-bond donors (Lipinski definition) is 1. The molecule has 0 aliphatic heterocycles. The van der Waals surface area contributed by atoms with Gasteiger partial charge in [-0.05, 0) is 49.2 Å². The van der Waals surface area contributed by atoms with E-state index in [4.69, 9.17) is 9.15 Å². The summed E-state index contributed by atoms with van der Waals surface area (Å²) in [6.45, 7) is 3.95. The monoisotopic (exact) mass is 501 g/mol. The molecule has 11 heteroatoms. The number of nitriles is 1. The number of nitro groups is 1. The molecule has 2 aromatic heterocycles. The van der Waals surface area contributed by atoms with Crippen LogP contribution in [0.2, 0.25) is 0 Å². The van der Waals surface area contributed by atoms with E-state index < -0.39 is 10.8 Å². The van der Waals surface area contributed by atoms with Crippen molar-refractivity contribution in [3.63, 3.8) is 0 Å². The Morgan fingerprint density at radius 1 is 1.22 bits per heavy atom. The van der Waals surface area contributed by atoms with E-state index >= 15 is 0 Å². The van der Waals surface area contributed by atoms with Crippen LogP contribution in [-0.2, 0) is 11.4 Å². The molecule has 180 valence electrons. The second kappa shape index (κ2) is 10.6. The number of aryl methyl sites for hydroxylation is 2. The van der Waals surface area contributed by atoms with Crippen molar-refractivity contribution >= 4 is 34.1 Å². The maximum atomic E-state index is 12.6. The summed E-state index contributed by atoms with van der Waals surface area (Å²) in [6, 6.07) is 17.1. The highest BCUT2D eigenvalue weighted by Gasteiger charge is 2.16. The summed E-state index contributed by atoms with van der Waals surface area (Å²) < 4.78 is 11.4. The second-order valence-corrected chi connectivity index (χ2v) is 8.75. The number of nitro benzene ring substituents is 1. The van der Waals surface area contributed by atoms with Gasteiger partial charge in [0.15, 0.2) is 5.01 Å². The number of carbonyl (C=O) groups excluding carboxylic acids is 1. The van der Waals surface area contributed by atoms with Crippen molar-refractivity contribution in [2.24, 2.45) is 0 Å². The van der Waals surface area contributed by atoms with Crippen LogP contribution in [0, 0.1) is 35.3 Å². The normalized spacial score (nSPS) is 11.1. The van der Waals surface area contributed by atoms with Gasteiger partial charge >= 0.3 is 0 Å². The van der Waals surface area contributed by atoms with Crippen LogP contribution in [0.5, 0.6) is 5.75 Å². The van der Waals surface area contributed by atoms with Crippen LogP contribution in [0.3, 0.4) is 0 Å². The van der Waals surface area contributed by atoms with Gasteiger partial charge in [-0.1, -0.05) is 29.5 Å². The van der Waals surface area contributed by atoms with E-state index in [1.165, 1.54) is 18.2 Å². The van der Waals surface area contributed by atoms with Gasteiger partial charge in [0.1, 0.15) is 35.5 Å². The third-order valence-electron chi connectivity index (χ3n) is 5.02. The van der Waals surface area contributed by atoms with E-state index in [1.54, 1.807) is 25.1 Å². The number of carbonyl (C=O) groups is 1. The van der Waals surface area contributed by atoms with Crippen molar-refractivity contribution in [2.45, 2.75) is 20.5 Å². The van der Waals surface area contributed by atoms with Crippen molar-refractivity contribution in [2.75, 3.05) is 5.32 Å². The van der Waals surface area contributed by atoms with Crippen molar-refractivity contribution in [3.8, 4) is 23.1 Å². The average Bonchev–Trinajstić information content (AvgIpc) is 3.51. The van der Waals surface area contributed by atoms with Crippen LogP contribution >= 0.6 is 11.3 Å². The maximum absolute atomic E-state index is 12.6. The summed E-state index contributed by atoms with van der Waals surface area (Å²) in [7, 11) is 0. The average molecular weight is 502 g/mol. The maximum Gasteiger partial charge on any atom is 0.270 e. The highest BCUT2D eigenvalue weighted by Crippen LogP contribution is 2.30. The highest BCUT2D eigenvalue weighted by atomic mass is 32.1. The number of furan rings is 1. The number of anilines is 1. The summed E-state index contributed by atoms with van der Waals surface area (Å²) in [6.07, 6.45) is 1.29. The van der Waals surface area contributed by atoms with Gasteiger partial charge in [-0.3, -0.25) is 20.2 Å². The minimum atomic E-state index is -0.677. The molecule has 2 heterocycles. The van der Waals surface area contributed by atoms with E-state index in [0.29, 0.717) is 22.1 Å². The Morgan fingerprint density at radius 3 is 2.81 bits per heavy atom. The molecule has 0 saturated carbocycles. The second-order valence-electron chi connectivity index (χ2n) is 7.69. The first-order chi connectivity index (χ1) is 17.3. The standard InChI is InChI=1S/C25H19N5O5S/c1-15-4-3-5-19(10-15)34-14-23-28-29-25(36-23)27-24(31)17(13-26)11-20-8-9-22(35-20)21-12-18(30(32)33)7-6-16(21)2/h3-12H,14H2,1-2H3,(H,27,29,31)/b17-11-. The van der Waals surface area contributed by atoms with Crippen LogP contribution in [-0.4, -0.2) is 21.0 Å². The predicted molar refractivity (Wildman–Crippen MR) is 133 cm³/mol. The van der Waals surface area contributed by atoms with Crippen LogP contribution in [0.15, 0.2) is 64.6 Å². The number of nitrogens with one attached hydrogen (secondary N) is 1. The smallest absolute Gasteiger partial charge is 0.270 e. The molecule has 0 atom stereocenters. The topological polar surface area (TPSA) is 144 Å². The molecule has 0 unspecified atom stereocenters. The Kier molecular flexibility index (Phi) is 7.17. The molecule has 36 heavy (non-hydrogen) atoms. The first-order valence-electron chi connectivity index (χ1n) is 10.6. The SMILES string of the molecule is Cc1cccc(OCc2nnc(NC(=O)/C(C#N)=C\c3ccc(-c4cc([N+](=O)[O-])ccc4C)o3)s2)c1. The summed E-state index contributed by atoms with van der Waals surface area (Å²) in [5.41, 5.74) is 2.11. The minimum absolute atomic E-state index is 0.0677. The lowest BCUT2D eigenvalue weighted by molar-refractivity contribution is -0.384. The molecule has 4 aromatic rings. The number of non-ortho nitro benzene ring substituents is 1. The van der Waals surface area contributed by atoms with E-state index in [2.05, 4.69) is 15.5 Å². The first kappa shape index (κ1) is 24.3. The zero-order chi connectivity index (χ0) is 25.7. The van der Waals surface area contributed by atoms with Gasteiger partial charge in [0.05, 0.1) is 4.92 Å². The van der Waals surface area contributed by atoms with Crippen LogP contribution in [0.4, 0.5) is 10.8 Å². The van der Waals surface area contributed by atoms with Crippen molar-refractivity contribution in [1.82, 2.24) is 10.2 Å². The number of rotatable bonds is 8. The first-order valence-corrected chi connectivity index (χ1v) is 11.4. The van der Waals surface area contributed by atoms with Crippen molar-refractivity contribution in [3.05, 3.63) is 92.2 Å². The zero-order valence-corrected chi connectivity index (χ0v) is 20.0. The Bertz CT molecular complexity index is 1520. The quantitative estimate of drug-likeness (QED) is 0.145. The van der Waals surface area contributed by atoms with Gasteiger partial charge < -0.3 is 9.15 Å². The lowest BCUT2D eigenvalue weighted by Gasteiger charge is -2.03. The lowest BCUT2D eigenvalue weighted by atomic mass is 10.1. The fourth-order valence-corrected chi connectivity index (χ4v) is 3.88. The molecule has 0 aliphatic carbocycles.